The van der Waals surface area contributed by atoms with Crippen LogP contribution in [0.4, 0.5) is 0 Å². The van der Waals surface area contributed by atoms with Crippen LogP contribution in [0.3, 0.4) is 0 Å². The van der Waals surface area contributed by atoms with Crippen LogP contribution < -0.4 is 11.1 Å². The molecule has 0 aliphatic heterocycles. The molecule has 1 atom stereocenters. The number of rotatable bonds is 5. The van der Waals surface area contributed by atoms with Crippen LogP contribution in [0.5, 0.6) is 0 Å². The van der Waals surface area contributed by atoms with E-state index < -0.39 is 17.9 Å². The van der Waals surface area contributed by atoms with E-state index >= 15 is 0 Å². The minimum absolute atomic E-state index is 0.0200. The van der Waals surface area contributed by atoms with E-state index in [9.17, 15) is 9.59 Å². The standard InChI is InChI=1S/C9H14N2O4/c1-3-4-15-6-7(10)9(13)11-5-8(12)14-2/h7H,5-6,10H2,1-2H3,(H,11,13)/t7-/m0/s1. The van der Waals surface area contributed by atoms with Gasteiger partial charge in [-0.1, -0.05) is 5.92 Å². The van der Waals surface area contributed by atoms with Crippen LogP contribution in [0.1, 0.15) is 6.92 Å². The Kier molecular flexibility index (Phi) is 6.76. The van der Waals surface area contributed by atoms with Gasteiger partial charge in [0, 0.05) is 6.92 Å². The summed E-state index contributed by atoms with van der Waals surface area (Å²) >= 11 is 0. The number of carbonyl (C=O) groups is 2. The van der Waals surface area contributed by atoms with Crippen molar-refractivity contribution in [3.63, 3.8) is 0 Å². The van der Waals surface area contributed by atoms with Gasteiger partial charge >= 0.3 is 5.97 Å². The van der Waals surface area contributed by atoms with E-state index in [-0.39, 0.29) is 13.2 Å². The fraction of sp³-hybridized carbons (Fsp3) is 0.556. The van der Waals surface area contributed by atoms with Gasteiger partial charge in [-0.2, -0.15) is 0 Å². The molecule has 0 fully saturated rings. The van der Waals surface area contributed by atoms with Crippen molar-refractivity contribution < 1.29 is 19.1 Å². The van der Waals surface area contributed by atoms with Crippen LogP contribution in [0.15, 0.2) is 0 Å². The topological polar surface area (TPSA) is 90.6 Å². The van der Waals surface area contributed by atoms with Crippen molar-refractivity contribution in [1.29, 1.82) is 0 Å². The second kappa shape index (κ2) is 7.64. The monoisotopic (exact) mass is 214 g/mol. The highest BCUT2D eigenvalue weighted by Gasteiger charge is 2.14. The molecular weight excluding hydrogens is 200 g/mol. The second-order valence-corrected chi connectivity index (χ2v) is 2.56. The van der Waals surface area contributed by atoms with Gasteiger partial charge in [-0.05, 0) is 0 Å². The molecule has 0 aromatic heterocycles. The third-order valence-electron chi connectivity index (χ3n) is 1.41. The van der Waals surface area contributed by atoms with Crippen molar-refractivity contribution in [3.8, 4) is 12.0 Å². The smallest absolute Gasteiger partial charge is 0.325 e. The predicted molar refractivity (Wildman–Crippen MR) is 52.4 cm³/mol. The first kappa shape index (κ1) is 13.3. The lowest BCUT2D eigenvalue weighted by Gasteiger charge is -2.09. The Labute approximate surface area is 88.1 Å². The molecule has 0 aliphatic rings. The molecular formula is C9H14N2O4. The molecule has 0 bridgehead atoms. The largest absolute Gasteiger partial charge is 0.468 e. The molecule has 3 N–H and O–H groups in total. The summed E-state index contributed by atoms with van der Waals surface area (Å²) in [4.78, 5) is 21.9. The summed E-state index contributed by atoms with van der Waals surface area (Å²) in [5.74, 6) is 1.46. The van der Waals surface area contributed by atoms with Gasteiger partial charge in [0.05, 0.1) is 7.11 Å². The number of carbonyl (C=O) groups excluding carboxylic acids is 2. The van der Waals surface area contributed by atoms with Gasteiger partial charge in [0.1, 0.15) is 25.3 Å². The Hall–Kier alpha value is -1.74. The van der Waals surface area contributed by atoms with E-state index in [0.717, 1.165) is 0 Å². The van der Waals surface area contributed by atoms with Gasteiger partial charge in [-0.3, -0.25) is 9.59 Å². The maximum Gasteiger partial charge on any atom is 0.325 e. The highest BCUT2D eigenvalue weighted by atomic mass is 16.5. The first-order chi connectivity index (χ1) is 7.11. The van der Waals surface area contributed by atoms with Crippen molar-refractivity contribution in [1.82, 2.24) is 5.32 Å². The van der Waals surface area contributed by atoms with Crippen molar-refractivity contribution in [2.45, 2.75) is 13.0 Å². The predicted octanol–water partition coefficient (Wildman–Crippen LogP) is -1.40. The molecule has 0 aromatic rings. The van der Waals surface area contributed by atoms with Crippen LogP contribution in [0.2, 0.25) is 0 Å². The maximum atomic E-state index is 11.2. The second-order valence-electron chi connectivity index (χ2n) is 2.56. The number of hydrogen-bond acceptors (Lipinski definition) is 5. The fourth-order valence-electron chi connectivity index (χ4n) is 0.642. The van der Waals surface area contributed by atoms with E-state index in [1.165, 1.54) is 7.11 Å². The van der Waals surface area contributed by atoms with Gasteiger partial charge in [0.2, 0.25) is 5.91 Å². The Morgan fingerprint density at radius 2 is 2.20 bits per heavy atom. The molecule has 0 aromatic carbocycles. The summed E-state index contributed by atoms with van der Waals surface area (Å²) < 4.78 is 9.07. The molecule has 0 radical (unpaired) electrons. The van der Waals surface area contributed by atoms with Crippen molar-refractivity contribution in [3.05, 3.63) is 0 Å². The number of ether oxygens (including phenoxy) is 2. The summed E-state index contributed by atoms with van der Waals surface area (Å²) in [5.41, 5.74) is 5.43. The maximum absolute atomic E-state index is 11.2. The number of nitrogens with one attached hydrogen (secondary N) is 1. The summed E-state index contributed by atoms with van der Waals surface area (Å²) in [5, 5.41) is 2.29. The average molecular weight is 214 g/mol. The minimum Gasteiger partial charge on any atom is -0.468 e. The summed E-state index contributed by atoms with van der Waals surface area (Å²) in [6.45, 7) is 1.37. The van der Waals surface area contributed by atoms with E-state index in [0.29, 0.717) is 0 Å². The van der Waals surface area contributed by atoms with Crippen LogP contribution >= 0.6 is 0 Å². The molecule has 0 saturated carbocycles. The molecule has 0 heterocycles. The molecule has 0 spiro atoms. The number of amides is 1. The zero-order chi connectivity index (χ0) is 11.7. The highest BCUT2D eigenvalue weighted by molar-refractivity contribution is 5.85. The Balaban J connectivity index is 3.77. The van der Waals surface area contributed by atoms with E-state index in [2.05, 4.69) is 22.1 Å². The first-order valence-corrected chi connectivity index (χ1v) is 4.25. The zero-order valence-electron chi connectivity index (χ0n) is 8.70. The number of esters is 1. The number of nitrogens with two attached hydrogens (primary N) is 1. The molecule has 84 valence electrons. The molecule has 0 aliphatic carbocycles. The van der Waals surface area contributed by atoms with Gasteiger partial charge in [-0.15, -0.1) is 0 Å². The third-order valence-corrected chi connectivity index (χ3v) is 1.41. The van der Waals surface area contributed by atoms with Crippen LogP contribution in [0.25, 0.3) is 0 Å². The van der Waals surface area contributed by atoms with Crippen molar-refractivity contribution in [2.75, 3.05) is 20.3 Å². The van der Waals surface area contributed by atoms with Crippen LogP contribution in [0, 0.1) is 12.0 Å². The average Bonchev–Trinajstić information content (AvgIpc) is 2.25. The lowest BCUT2D eigenvalue weighted by atomic mass is 10.3. The SMILES string of the molecule is CC#COC[C@H](N)C(=O)NCC(=O)OC. The van der Waals surface area contributed by atoms with Gasteiger partial charge in [-0.25, -0.2) is 0 Å². The summed E-state index contributed by atoms with van der Waals surface area (Å²) in [6, 6.07) is -0.851. The number of hydrogen-bond donors (Lipinski definition) is 2. The Bertz CT molecular complexity index is 280. The quantitative estimate of drug-likeness (QED) is 0.434. The Morgan fingerprint density at radius 3 is 2.73 bits per heavy atom. The molecule has 1 amide bonds. The molecule has 6 nitrogen and oxygen atoms in total. The fourth-order valence-corrected chi connectivity index (χ4v) is 0.642. The van der Waals surface area contributed by atoms with Gasteiger partial charge in [0.15, 0.2) is 0 Å². The van der Waals surface area contributed by atoms with Gasteiger partial charge < -0.3 is 20.5 Å². The normalized spacial score (nSPS) is 10.6. The minimum atomic E-state index is -0.851. The third kappa shape index (κ3) is 6.35. The lowest BCUT2D eigenvalue weighted by molar-refractivity contribution is -0.141. The molecule has 0 saturated heterocycles. The summed E-state index contributed by atoms with van der Waals surface area (Å²) in [7, 11) is 1.23. The van der Waals surface area contributed by atoms with Crippen LogP contribution in [-0.2, 0) is 19.1 Å². The first-order valence-electron chi connectivity index (χ1n) is 4.25. The van der Waals surface area contributed by atoms with Gasteiger partial charge in [0.25, 0.3) is 0 Å². The summed E-state index contributed by atoms with van der Waals surface area (Å²) in [6.07, 6.45) is 2.31. The van der Waals surface area contributed by atoms with Crippen LogP contribution in [-0.4, -0.2) is 38.2 Å². The lowest BCUT2D eigenvalue weighted by Crippen LogP contribution is -2.45. The Morgan fingerprint density at radius 1 is 1.53 bits per heavy atom. The van der Waals surface area contributed by atoms with E-state index in [1.54, 1.807) is 6.92 Å². The molecule has 0 unspecified atom stereocenters. The number of methoxy groups -OCH3 is 1. The van der Waals surface area contributed by atoms with E-state index in [1.807, 2.05) is 0 Å². The van der Waals surface area contributed by atoms with Crippen molar-refractivity contribution in [2.24, 2.45) is 5.73 Å². The molecule has 0 rings (SSSR count). The molecule has 15 heavy (non-hydrogen) atoms. The van der Waals surface area contributed by atoms with Crippen molar-refractivity contribution >= 4 is 11.9 Å². The highest BCUT2D eigenvalue weighted by Crippen LogP contribution is 1.82. The zero-order valence-corrected chi connectivity index (χ0v) is 8.70. The van der Waals surface area contributed by atoms with E-state index in [4.69, 9.17) is 10.5 Å². The molecule has 6 heteroatoms.